The second-order valence-electron chi connectivity index (χ2n) is 34.8. The van der Waals surface area contributed by atoms with Crippen molar-refractivity contribution in [1.82, 2.24) is 0 Å². The summed E-state index contributed by atoms with van der Waals surface area (Å²) in [5.74, 6) is 3.20. The molecule has 101 heavy (non-hydrogen) atoms. The van der Waals surface area contributed by atoms with Gasteiger partial charge in [-0.25, -0.2) is 0 Å². The van der Waals surface area contributed by atoms with Crippen molar-refractivity contribution in [2.45, 2.75) is 279 Å². The molecule has 18 nitrogen and oxygen atoms in total. The second-order valence-corrected chi connectivity index (χ2v) is 34.8. The van der Waals surface area contributed by atoms with Gasteiger partial charge in [-0.05, 0) is 276 Å². The lowest BCUT2D eigenvalue weighted by Gasteiger charge is -2.60. The Balaban J connectivity index is 0.555. The minimum Gasteiger partial charge on any atom is -0.508 e. The minimum atomic E-state index is -0.959. The van der Waals surface area contributed by atoms with Crippen LogP contribution in [0.15, 0.2) is 46.6 Å². The number of benzene rings is 1. The van der Waals surface area contributed by atoms with Crippen LogP contribution in [0.25, 0.3) is 0 Å². The fraction of sp³-hybridized carbons (Fsp3) is 0.783. The predicted octanol–water partition coefficient (Wildman–Crippen LogP) is 15.5. The molecule has 18 heteroatoms. The molecule has 13 rings (SSSR count). The first-order valence-corrected chi connectivity index (χ1v) is 38.9. The second kappa shape index (κ2) is 29.8. The van der Waals surface area contributed by atoms with E-state index in [1.165, 1.54) is 38.5 Å². The third kappa shape index (κ3) is 14.7. The number of allylic oxidation sites excluding steroid dienone is 1. The molecule has 10 fully saturated rings. The maximum Gasteiger partial charge on any atom is 0.312 e. The number of phenolic OH excluding ortho intramolecular Hbond substituents is 1. The number of epoxide rings is 1. The van der Waals surface area contributed by atoms with Crippen LogP contribution in [-0.4, -0.2) is 109 Å². The highest BCUT2D eigenvalue weighted by Crippen LogP contribution is 2.74. The van der Waals surface area contributed by atoms with Crippen LogP contribution in [0.2, 0.25) is 0 Å². The molecule has 13 atom stereocenters. The number of rotatable bonds is 37. The van der Waals surface area contributed by atoms with Crippen LogP contribution in [0.1, 0.15) is 254 Å². The van der Waals surface area contributed by atoms with Gasteiger partial charge in [-0.1, -0.05) is 54.2 Å². The Bertz CT molecular complexity index is 3440. The molecule has 0 aromatic heterocycles. The van der Waals surface area contributed by atoms with Crippen LogP contribution >= 0.6 is 0 Å². The highest BCUT2D eigenvalue weighted by atomic mass is 16.7. The third-order valence-corrected chi connectivity index (χ3v) is 28.1. The van der Waals surface area contributed by atoms with Gasteiger partial charge in [-0.3, -0.25) is 19.2 Å². The van der Waals surface area contributed by atoms with Crippen LogP contribution in [0, 0.1) is 115 Å². The summed E-state index contributed by atoms with van der Waals surface area (Å²) in [5.41, 5.74) is 11.7. The summed E-state index contributed by atoms with van der Waals surface area (Å²) >= 11 is 0. The zero-order valence-electron chi connectivity index (χ0n) is 63.2. The van der Waals surface area contributed by atoms with E-state index in [4.69, 9.17) is 48.4 Å². The Morgan fingerprint density at radius 1 is 0.683 bits per heavy atom. The molecule has 1 heterocycles. The lowest BCUT2D eigenvalue weighted by molar-refractivity contribution is -0.221. The Morgan fingerprint density at radius 2 is 1.18 bits per heavy atom. The van der Waals surface area contributed by atoms with Gasteiger partial charge in [-0.15, -0.1) is 0 Å². The van der Waals surface area contributed by atoms with Gasteiger partial charge >= 0.3 is 23.9 Å². The van der Waals surface area contributed by atoms with Gasteiger partial charge in [0.1, 0.15) is 41.4 Å². The van der Waals surface area contributed by atoms with E-state index in [-0.39, 0.29) is 136 Å². The Hall–Kier alpha value is -5.52. The van der Waals surface area contributed by atoms with Crippen LogP contribution in [0.4, 0.5) is 0 Å². The molecule has 1 saturated heterocycles. The maximum atomic E-state index is 14.9. The fourth-order valence-electron chi connectivity index (χ4n) is 21.8. The number of nitrogens with two attached hydrogens (primary N) is 1. The summed E-state index contributed by atoms with van der Waals surface area (Å²) in [6, 6.07) is 8.07. The largest absolute Gasteiger partial charge is 0.508 e. The number of ether oxygens (including phenoxy) is 9. The van der Waals surface area contributed by atoms with Crippen LogP contribution in [0.3, 0.4) is 0 Å². The first-order chi connectivity index (χ1) is 47.8. The maximum absolute atomic E-state index is 14.9. The molecular weight excluding hydrogens is 1280 g/mol. The Kier molecular flexibility index (Phi) is 22.6. The average molecular weight is 1400 g/mol. The molecule has 0 amide bonds. The lowest BCUT2D eigenvalue weighted by Crippen LogP contribution is -2.60. The minimum absolute atomic E-state index is 0.00240. The van der Waals surface area contributed by atoms with Crippen molar-refractivity contribution in [1.29, 1.82) is 10.5 Å². The molecule has 556 valence electrons. The van der Waals surface area contributed by atoms with Crippen molar-refractivity contribution in [2.24, 2.45) is 98.4 Å². The summed E-state index contributed by atoms with van der Waals surface area (Å²) in [4.78, 5) is 55.4. The number of nitriles is 2. The number of fused-ring (bicyclic) bond motifs is 3. The highest BCUT2D eigenvalue weighted by Gasteiger charge is 2.80. The molecule has 9 saturated carbocycles. The smallest absolute Gasteiger partial charge is 0.312 e. The van der Waals surface area contributed by atoms with Crippen LogP contribution in [0.5, 0.6) is 5.75 Å². The quantitative estimate of drug-likeness (QED) is 0.0139. The van der Waals surface area contributed by atoms with E-state index in [2.05, 4.69) is 72.1 Å². The summed E-state index contributed by atoms with van der Waals surface area (Å²) in [6.07, 6.45) is 17.1. The topological polar surface area (TPSA) is 269 Å². The van der Waals surface area contributed by atoms with E-state index in [0.717, 1.165) is 90.0 Å². The van der Waals surface area contributed by atoms with E-state index in [9.17, 15) is 39.9 Å². The zero-order chi connectivity index (χ0) is 73.0. The third-order valence-electron chi connectivity index (χ3n) is 28.1. The van der Waals surface area contributed by atoms with Crippen molar-refractivity contribution in [3.05, 3.63) is 63.3 Å². The molecule has 1 aromatic carbocycles. The summed E-state index contributed by atoms with van der Waals surface area (Å²) < 4.78 is 54.6. The fourth-order valence-corrected chi connectivity index (χ4v) is 21.8. The van der Waals surface area contributed by atoms with Gasteiger partial charge in [0.15, 0.2) is 18.3 Å². The van der Waals surface area contributed by atoms with Crippen molar-refractivity contribution in [3.63, 3.8) is 0 Å². The molecule has 1 spiro atoms. The van der Waals surface area contributed by atoms with Crippen LogP contribution in [-0.2, 0) is 68.2 Å². The number of nitrogens with zero attached hydrogens (tertiary/aromatic N) is 2. The number of aromatic hydroxyl groups is 1. The Morgan fingerprint density at radius 3 is 1.65 bits per heavy atom. The number of esters is 4. The monoisotopic (exact) mass is 1400 g/mol. The van der Waals surface area contributed by atoms with Gasteiger partial charge in [0, 0.05) is 41.9 Å². The van der Waals surface area contributed by atoms with Gasteiger partial charge < -0.3 is 58.6 Å². The number of aliphatic hydroxyl groups excluding tert-OH is 1. The number of phenols is 1. The highest BCUT2D eigenvalue weighted by molar-refractivity contribution is 5.79. The number of hydrogen-bond donors (Lipinski definition) is 3. The van der Waals surface area contributed by atoms with Gasteiger partial charge in [0.25, 0.3) is 0 Å². The molecule has 12 aliphatic rings. The molecule has 1 aromatic rings. The van der Waals surface area contributed by atoms with Crippen molar-refractivity contribution in [2.75, 3.05) is 39.6 Å². The summed E-state index contributed by atoms with van der Waals surface area (Å²) in [7, 11) is 0. The SMILES string of the molecule is CCC(C)(CC(C)C1c2cc(O)cc(CC(C)(C#N)CCC(=O)OCCOC(C)OCCOC(C)OCCOC(=O)CCC(C)(C#N)C(C)CC3C4=C=C=C(O)C=C4C34OC4(C)CC(C)(C(=O)OC3(CC)C4CC5CC(C4)CC3C5)C(C)C)c2C1N)C(=O)OC1(CC)C2CC3CC(C2)CC1C3. The van der Waals surface area contributed by atoms with Crippen LogP contribution < -0.4 is 5.73 Å². The molecule has 13 unspecified atom stereocenters. The van der Waals surface area contributed by atoms with Gasteiger partial charge in [0.05, 0.1) is 60.2 Å². The standard InChI is InChI=1S/C83H119N3O15/c1-15-77(11,74(91)99-81(16-2)59-33-54-31-55(35-59)36-60(81)34-54)44-50(6)71-66-42-64(88)41-58(72(66)73(71)86)45-76(10,47-84)22-20-69(89)97-28-26-95-52(8)93-24-25-94-53(9)96-27-29-98-70(90)21-23-78(12,48-85)51(7)30-67-65-19-18-63(87)43-68(65)83(67)80(14,101-83)46-79(13,49(4)5)75(92)100-82(17-3)61-37-56-32-57(39-61)40-62(82)38-56/h41-43,49-57,59-62,67,71,73,87-88H,15-17,20-40,44-46,86H2,1-14H3. The van der Waals surface area contributed by atoms with E-state index >= 15 is 0 Å². The molecule has 4 N–H and O–H groups in total. The average Bonchev–Trinajstić information content (AvgIpc) is 1.47. The summed E-state index contributed by atoms with van der Waals surface area (Å²) in [5, 5.41) is 42.9. The van der Waals surface area contributed by atoms with E-state index in [1.54, 1.807) is 32.1 Å². The number of carbonyl (C=O) groups excluding carboxylic acids is 4. The zero-order valence-corrected chi connectivity index (χ0v) is 63.2. The van der Waals surface area contributed by atoms with Crippen molar-refractivity contribution in [3.8, 4) is 17.9 Å². The molecule has 8 bridgehead atoms. The van der Waals surface area contributed by atoms with Crippen molar-refractivity contribution < 1.29 is 72.0 Å². The van der Waals surface area contributed by atoms with E-state index in [0.29, 0.717) is 49.4 Å². The summed E-state index contributed by atoms with van der Waals surface area (Å²) in [6.45, 7) is 28.7. The lowest BCUT2D eigenvalue weighted by atomic mass is 9.49. The van der Waals surface area contributed by atoms with Gasteiger partial charge in [-0.2, -0.15) is 10.5 Å². The number of carbonyl (C=O) groups is 4. The normalized spacial score (nSPS) is 34.6. The molecule has 11 aliphatic carbocycles. The first kappa shape index (κ1) is 76.6. The molecule has 1 aliphatic heterocycles. The van der Waals surface area contributed by atoms with E-state index in [1.807, 2.05) is 34.6 Å². The number of hydrogen-bond acceptors (Lipinski definition) is 18. The first-order valence-electron chi connectivity index (χ1n) is 38.9. The van der Waals surface area contributed by atoms with Crippen molar-refractivity contribution >= 4 is 23.9 Å². The predicted molar refractivity (Wildman–Crippen MR) is 378 cm³/mol. The molecule has 0 radical (unpaired) electrons. The van der Waals surface area contributed by atoms with E-state index < -0.39 is 63.0 Å². The Labute approximate surface area is 601 Å². The molecular formula is C83H119N3O15. The number of aliphatic hydroxyl groups is 1. The van der Waals surface area contributed by atoms with Gasteiger partial charge in [0.2, 0.25) is 0 Å².